The van der Waals surface area contributed by atoms with Crippen molar-refractivity contribution < 1.29 is 9.59 Å². The smallest absolute Gasteiger partial charge is 0.223 e. The molecule has 4 heteroatoms. The Labute approximate surface area is 115 Å². The number of hydrogen-bond donors (Lipinski definition) is 2. The van der Waals surface area contributed by atoms with E-state index in [9.17, 15) is 9.59 Å². The predicted molar refractivity (Wildman–Crippen MR) is 76.2 cm³/mol. The maximum absolute atomic E-state index is 12.2. The van der Waals surface area contributed by atoms with Crippen LogP contribution in [0.1, 0.15) is 40.0 Å². The first-order valence-electron chi connectivity index (χ1n) is 7.19. The lowest BCUT2D eigenvalue weighted by molar-refractivity contribution is -0.133. The van der Waals surface area contributed by atoms with E-state index in [1.807, 2.05) is 26.0 Å². The van der Waals surface area contributed by atoms with Crippen molar-refractivity contribution in [1.29, 1.82) is 0 Å². The van der Waals surface area contributed by atoms with E-state index in [0.29, 0.717) is 24.8 Å². The summed E-state index contributed by atoms with van der Waals surface area (Å²) >= 11 is 0. The van der Waals surface area contributed by atoms with Crippen molar-refractivity contribution in [2.75, 3.05) is 6.54 Å². The summed E-state index contributed by atoms with van der Waals surface area (Å²) in [5.41, 5.74) is 5.49. The van der Waals surface area contributed by atoms with E-state index < -0.39 is 5.92 Å². The van der Waals surface area contributed by atoms with Gasteiger partial charge in [-0.15, -0.1) is 0 Å². The number of hydrogen-bond acceptors (Lipinski definition) is 2. The van der Waals surface area contributed by atoms with Crippen molar-refractivity contribution in [3.05, 3.63) is 12.2 Å². The van der Waals surface area contributed by atoms with E-state index in [1.54, 1.807) is 0 Å². The molecule has 0 spiro atoms. The lowest BCUT2D eigenvalue weighted by Gasteiger charge is -2.23. The van der Waals surface area contributed by atoms with Gasteiger partial charge in [-0.3, -0.25) is 9.59 Å². The van der Waals surface area contributed by atoms with Crippen molar-refractivity contribution in [1.82, 2.24) is 5.32 Å². The fourth-order valence-corrected chi connectivity index (χ4v) is 2.57. The topological polar surface area (TPSA) is 72.2 Å². The third-order valence-electron chi connectivity index (χ3n) is 4.00. The highest BCUT2D eigenvalue weighted by Crippen LogP contribution is 2.44. The summed E-state index contributed by atoms with van der Waals surface area (Å²) < 4.78 is 0. The number of carbonyl (C=O) groups is 2. The molecule has 4 nitrogen and oxygen atoms in total. The van der Waals surface area contributed by atoms with Gasteiger partial charge < -0.3 is 11.1 Å². The summed E-state index contributed by atoms with van der Waals surface area (Å²) in [6.07, 6.45) is 6.29. The van der Waals surface area contributed by atoms with Crippen molar-refractivity contribution in [3.8, 4) is 0 Å². The Morgan fingerprint density at radius 2 is 2.05 bits per heavy atom. The molecule has 0 radical (unpaired) electrons. The molecule has 19 heavy (non-hydrogen) atoms. The molecule has 0 heterocycles. The summed E-state index contributed by atoms with van der Waals surface area (Å²) in [4.78, 5) is 23.8. The molecule has 4 atom stereocenters. The molecule has 108 valence electrons. The van der Waals surface area contributed by atoms with Crippen LogP contribution < -0.4 is 11.1 Å². The summed E-state index contributed by atoms with van der Waals surface area (Å²) in [7, 11) is 0. The normalized spacial score (nSPS) is 25.0. The second-order valence-corrected chi connectivity index (χ2v) is 5.52. The minimum atomic E-state index is -0.393. The molecule has 1 rings (SSSR count). The molecule has 1 fully saturated rings. The highest BCUT2D eigenvalue weighted by molar-refractivity contribution is 5.87. The maximum Gasteiger partial charge on any atom is 0.223 e. The molecule has 0 saturated heterocycles. The van der Waals surface area contributed by atoms with Crippen molar-refractivity contribution in [2.24, 2.45) is 29.4 Å². The van der Waals surface area contributed by atoms with Gasteiger partial charge in [0, 0.05) is 6.54 Å². The van der Waals surface area contributed by atoms with Gasteiger partial charge in [0.1, 0.15) is 0 Å². The third-order valence-corrected chi connectivity index (χ3v) is 4.00. The van der Waals surface area contributed by atoms with Crippen LogP contribution in [-0.2, 0) is 9.59 Å². The molecule has 3 unspecified atom stereocenters. The molecule has 1 aliphatic carbocycles. The first-order chi connectivity index (χ1) is 9.01. The van der Waals surface area contributed by atoms with Crippen molar-refractivity contribution in [3.63, 3.8) is 0 Å². The SMILES string of the molecule is C/C=C/C[C@H](C(N)=O)C(CC1CC1C)C(=O)NCC. The largest absolute Gasteiger partial charge is 0.369 e. The van der Waals surface area contributed by atoms with Crippen molar-refractivity contribution in [2.45, 2.75) is 40.0 Å². The molecule has 1 aliphatic rings. The number of allylic oxidation sites excluding steroid dienone is 2. The molecule has 0 bridgehead atoms. The Balaban J connectivity index is 2.77. The Morgan fingerprint density at radius 3 is 2.47 bits per heavy atom. The standard InChI is InChI=1S/C15H26N2O2/c1-4-6-7-12(14(16)18)13(15(19)17-5-2)9-11-8-10(11)3/h4,6,10-13H,5,7-9H2,1-3H3,(H2,16,18)(H,17,19)/b6-4+/t10?,11?,12-,13?/m0/s1. The van der Waals surface area contributed by atoms with Gasteiger partial charge in [-0.05, 0) is 44.9 Å². The van der Waals surface area contributed by atoms with Gasteiger partial charge in [-0.1, -0.05) is 19.1 Å². The number of amides is 2. The second kappa shape index (κ2) is 7.31. The van der Waals surface area contributed by atoms with E-state index >= 15 is 0 Å². The van der Waals surface area contributed by atoms with Crippen LogP contribution in [0.15, 0.2) is 12.2 Å². The number of carbonyl (C=O) groups excluding carboxylic acids is 2. The van der Waals surface area contributed by atoms with Gasteiger partial charge in [-0.25, -0.2) is 0 Å². The average Bonchev–Trinajstić information content (AvgIpc) is 3.04. The monoisotopic (exact) mass is 266 g/mol. The quantitative estimate of drug-likeness (QED) is 0.658. The van der Waals surface area contributed by atoms with Gasteiger partial charge >= 0.3 is 0 Å². The van der Waals surface area contributed by atoms with E-state index in [1.165, 1.54) is 0 Å². The molecule has 0 aliphatic heterocycles. The zero-order chi connectivity index (χ0) is 14.4. The molecule has 0 aromatic heterocycles. The Kier molecular flexibility index (Phi) is 6.06. The first-order valence-corrected chi connectivity index (χ1v) is 7.19. The fourth-order valence-electron chi connectivity index (χ4n) is 2.57. The molecule has 2 amide bonds. The zero-order valence-electron chi connectivity index (χ0n) is 12.2. The van der Waals surface area contributed by atoms with Crippen LogP contribution in [-0.4, -0.2) is 18.4 Å². The predicted octanol–water partition coefficient (Wildman–Crippen LogP) is 1.85. The van der Waals surface area contributed by atoms with Gasteiger partial charge in [0.2, 0.25) is 11.8 Å². The van der Waals surface area contributed by atoms with E-state index in [2.05, 4.69) is 12.2 Å². The lowest BCUT2D eigenvalue weighted by Crippen LogP contribution is -2.40. The Hall–Kier alpha value is -1.32. The molecule has 3 N–H and O–H groups in total. The minimum absolute atomic E-state index is 0.0325. The second-order valence-electron chi connectivity index (χ2n) is 5.52. The highest BCUT2D eigenvalue weighted by atomic mass is 16.2. The Morgan fingerprint density at radius 1 is 1.42 bits per heavy atom. The molecule has 0 aromatic rings. The zero-order valence-corrected chi connectivity index (χ0v) is 12.2. The summed E-state index contributed by atoms with van der Waals surface area (Å²) in [6, 6.07) is 0. The lowest BCUT2D eigenvalue weighted by atomic mass is 9.83. The van der Waals surface area contributed by atoms with Crippen LogP contribution in [0.4, 0.5) is 0 Å². The van der Waals surface area contributed by atoms with Gasteiger partial charge in [-0.2, -0.15) is 0 Å². The summed E-state index contributed by atoms with van der Waals surface area (Å²) in [5, 5.41) is 2.83. The molecular weight excluding hydrogens is 240 g/mol. The van der Waals surface area contributed by atoms with Crippen LogP contribution in [0, 0.1) is 23.7 Å². The first kappa shape index (κ1) is 15.7. The fraction of sp³-hybridized carbons (Fsp3) is 0.733. The summed E-state index contributed by atoms with van der Waals surface area (Å²) in [5.74, 6) is 0.156. The van der Waals surface area contributed by atoms with E-state index in [0.717, 1.165) is 12.8 Å². The van der Waals surface area contributed by atoms with Gasteiger partial charge in [0.05, 0.1) is 11.8 Å². The van der Waals surface area contributed by atoms with Crippen LogP contribution in [0.5, 0.6) is 0 Å². The number of rotatable bonds is 8. The molecule has 1 saturated carbocycles. The van der Waals surface area contributed by atoms with Crippen LogP contribution in [0.3, 0.4) is 0 Å². The molecule has 0 aromatic carbocycles. The maximum atomic E-state index is 12.2. The molecular formula is C15H26N2O2. The van der Waals surface area contributed by atoms with Gasteiger partial charge in [0.25, 0.3) is 0 Å². The highest BCUT2D eigenvalue weighted by Gasteiger charge is 2.40. The number of nitrogens with two attached hydrogens (primary N) is 1. The Bertz CT molecular complexity index is 352. The summed E-state index contributed by atoms with van der Waals surface area (Å²) in [6.45, 7) is 6.57. The number of nitrogens with one attached hydrogen (secondary N) is 1. The van der Waals surface area contributed by atoms with Crippen LogP contribution in [0.25, 0.3) is 0 Å². The van der Waals surface area contributed by atoms with Crippen molar-refractivity contribution >= 4 is 11.8 Å². The van der Waals surface area contributed by atoms with Crippen LogP contribution >= 0.6 is 0 Å². The van der Waals surface area contributed by atoms with E-state index in [-0.39, 0.29) is 17.7 Å². The van der Waals surface area contributed by atoms with E-state index in [4.69, 9.17) is 5.73 Å². The number of primary amides is 1. The van der Waals surface area contributed by atoms with Gasteiger partial charge in [0.15, 0.2) is 0 Å². The minimum Gasteiger partial charge on any atom is -0.369 e. The third kappa shape index (κ3) is 4.69. The average molecular weight is 266 g/mol. The van der Waals surface area contributed by atoms with Crippen LogP contribution in [0.2, 0.25) is 0 Å².